The fraction of sp³-hybridized carbons (Fsp3) is 0.276. The number of imidazole rings is 1. The fourth-order valence-electron chi connectivity index (χ4n) is 5.33. The number of carbonyl (C=O) groups is 1. The standard InChI is InChI=1S/C29H27F2N5O3/c1-2-25(37)35-12-10-20(11-13-35)33-23-17-38-24-14-19(8-9-22(23)24)26-27(18-6-4-3-5-7-18)36-16-21(39-28(30)31)15-32-29(36)34-26/h2-9,14-16,20,23,28,33H,1,10-13,17H2/t23-/m0/s1. The Bertz CT molecular complexity index is 1520. The third kappa shape index (κ3) is 4.95. The summed E-state index contributed by atoms with van der Waals surface area (Å²) >= 11 is 0. The Hall–Kier alpha value is -4.31. The van der Waals surface area contributed by atoms with E-state index < -0.39 is 6.61 Å². The minimum absolute atomic E-state index is 0.0229. The molecule has 1 N–H and O–H groups in total. The molecule has 0 radical (unpaired) electrons. The number of rotatable bonds is 7. The molecule has 1 amide bonds. The number of carbonyl (C=O) groups excluding carboxylic acids is 1. The molecule has 1 fully saturated rings. The van der Waals surface area contributed by atoms with E-state index in [4.69, 9.17) is 9.72 Å². The van der Waals surface area contributed by atoms with Crippen molar-refractivity contribution >= 4 is 11.7 Å². The van der Waals surface area contributed by atoms with Gasteiger partial charge in [-0.05, 0) is 25.0 Å². The van der Waals surface area contributed by atoms with Crippen LogP contribution in [0, 0.1) is 0 Å². The van der Waals surface area contributed by atoms with E-state index in [0.717, 1.165) is 35.3 Å². The molecular weight excluding hydrogens is 504 g/mol. The Morgan fingerprint density at radius 1 is 1.15 bits per heavy atom. The van der Waals surface area contributed by atoms with E-state index in [9.17, 15) is 13.6 Å². The zero-order valence-corrected chi connectivity index (χ0v) is 21.1. The van der Waals surface area contributed by atoms with Gasteiger partial charge in [-0.2, -0.15) is 8.78 Å². The number of nitrogens with zero attached hydrogens (tertiary/aromatic N) is 4. The highest BCUT2D eigenvalue weighted by Gasteiger charge is 2.30. The zero-order valence-electron chi connectivity index (χ0n) is 21.1. The van der Waals surface area contributed by atoms with Gasteiger partial charge in [-0.25, -0.2) is 9.97 Å². The molecule has 4 aromatic rings. The number of alkyl halides is 2. The Labute approximate surface area is 223 Å². The van der Waals surface area contributed by atoms with Crippen molar-refractivity contribution in [3.05, 3.63) is 79.1 Å². The molecule has 10 heteroatoms. The van der Waals surface area contributed by atoms with E-state index in [2.05, 4.69) is 21.6 Å². The second-order valence-corrected chi connectivity index (χ2v) is 9.60. The topological polar surface area (TPSA) is 81.0 Å². The first kappa shape index (κ1) is 25.0. The summed E-state index contributed by atoms with van der Waals surface area (Å²) in [6, 6.07) is 15.9. The van der Waals surface area contributed by atoms with Gasteiger partial charge in [0.25, 0.3) is 0 Å². The van der Waals surface area contributed by atoms with Crippen LogP contribution in [0.25, 0.3) is 28.3 Å². The maximum Gasteiger partial charge on any atom is 0.387 e. The summed E-state index contributed by atoms with van der Waals surface area (Å²) in [6.45, 7) is 2.54. The lowest BCUT2D eigenvalue weighted by atomic mass is 9.99. The van der Waals surface area contributed by atoms with Crippen LogP contribution in [0.1, 0.15) is 24.4 Å². The molecule has 0 spiro atoms. The van der Waals surface area contributed by atoms with Crippen molar-refractivity contribution in [1.82, 2.24) is 24.6 Å². The molecule has 1 saturated heterocycles. The number of nitrogens with one attached hydrogen (secondary N) is 1. The number of likely N-dealkylation sites (tertiary alicyclic amines) is 1. The number of hydrogen-bond donors (Lipinski definition) is 1. The van der Waals surface area contributed by atoms with Crippen molar-refractivity contribution in [2.75, 3.05) is 19.7 Å². The normalized spacial score (nSPS) is 17.3. The average molecular weight is 532 g/mol. The molecule has 2 aromatic carbocycles. The molecule has 8 nitrogen and oxygen atoms in total. The van der Waals surface area contributed by atoms with Crippen LogP contribution >= 0.6 is 0 Å². The number of hydrogen-bond acceptors (Lipinski definition) is 6. The zero-order chi connectivity index (χ0) is 26.9. The third-order valence-electron chi connectivity index (χ3n) is 7.21. The summed E-state index contributed by atoms with van der Waals surface area (Å²) in [6.07, 6.45) is 5.83. The van der Waals surface area contributed by atoms with Crippen molar-refractivity contribution in [2.45, 2.75) is 31.5 Å². The predicted molar refractivity (Wildman–Crippen MR) is 142 cm³/mol. The average Bonchev–Trinajstić information content (AvgIpc) is 3.54. The SMILES string of the molecule is C=CC(=O)N1CCC(N[C@H]2COc3cc(-c4nc5ncc(OC(F)F)cn5c4-c4ccccc4)ccc32)CC1. The third-order valence-corrected chi connectivity index (χ3v) is 7.21. The molecule has 2 aliphatic rings. The lowest BCUT2D eigenvalue weighted by Gasteiger charge is -2.33. The quantitative estimate of drug-likeness (QED) is 0.343. The molecule has 200 valence electrons. The van der Waals surface area contributed by atoms with Crippen LogP contribution in [0.15, 0.2) is 73.6 Å². The van der Waals surface area contributed by atoms with E-state index in [-0.39, 0.29) is 23.7 Å². The molecule has 39 heavy (non-hydrogen) atoms. The Balaban J connectivity index is 1.29. The van der Waals surface area contributed by atoms with E-state index >= 15 is 0 Å². The number of halogens is 2. The molecule has 4 heterocycles. The molecule has 0 aliphatic carbocycles. The highest BCUT2D eigenvalue weighted by molar-refractivity contribution is 5.87. The van der Waals surface area contributed by atoms with Gasteiger partial charge >= 0.3 is 6.61 Å². The highest BCUT2D eigenvalue weighted by atomic mass is 19.3. The number of fused-ring (bicyclic) bond motifs is 2. The molecule has 2 aliphatic heterocycles. The number of amides is 1. The lowest BCUT2D eigenvalue weighted by Crippen LogP contribution is -2.45. The van der Waals surface area contributed by atoms with Crippen LogP contribution in [-0.4, -0.2) is 57.5 Å². The summed E-state index contributed by atoms with van der Waals surface area (Å²) in [4.78, 5) is 22.7. The summed E-state index contributed by atoms with van der Waals surface area (Å²) in [5.74, 6) is 1.07. The minimum atomic E-state index is -2.95. The summed E-state index contributed by atoms with van der Waals surface area (Å²) in [5, 5.41) is 3.70. The second kappa shape index (κ2) is 10.5. The van der Waals surface area contributed by atoms with Gasteiger partial charge in [-0.3, -0.25) is 9.20 Å². The molecular formula is C29H27F2N5O3. The van der Waals surface area contributed by atoms with Gasteiger partial charge in [0.1, 0.15) is 12.4 Å². The number of ether oxygens (including phenoxy) is 2. The first-order valence-electron chi connectivity index (χ1n) is 12.8. The number of benzene rings is 2. The van der Waals surface area contributed by atoms with Crippen molar-refractivity contribution in [1.29, 1.82) is 0 Å². The largest absolute Gasteiger partial charge is 0.491 e. The van der Waals surface area contributed by atoms with E-state index in [1.54, 1.807) is 4.40 Å². The smallest absolute Gasteiger partial charge is 0.387 e. The second-order valence-electron chi connectivity index (χ2n) is 9.60. The Kier molecular flexibility index (Phi) is 6.70. The molecule has 0 bridgehead atoms. The first-order chi connectivity index (χ1) is 19.0. The summed E-state index contributed by atoms with van der Waals surface area (Å²) < 4.78 is 38.1. The molecule has 1 atom stereocenters. The van der Waals surface area contributed by atoms with Crippen LogP contribution in [0.2, 0.25) is 0 Å². The minimum Gasteiger partial charge on any atom is -0.491 e. The van der Waals surface area contributed by atoms with Crippen LogP contribution in [-0.2, 0) is 4.79 Å². The molecule has 6 rings (SSSR count). The van der Waals surface area contributed by atoms with Gasteiger partial charge in [0.15, 0.2) is 5.75 Å². The van der Waals surface area contributed by atoms with Crippen LogP contribution in [0.3, 0.4) is 0 Å². The van der Waals surface area contributed by atoms with Crippen molar-refractivity contribution in [3.63, 3.8) is 0 Å². The van der Waals surface area contributed by atoms with Crippen LogP contribution in [0.5, 0.6) is 11.5 Å². The molecule has 0 saturated carbocycles. The molecule has 2 aromatic heterocycles. The van der Waals surface area contributed by atoms with Gasteiger partial charge in [-0.1, -0.05) is 49.0 Å². The Morgan fingerprint density at radius 3 is 2.69 bits per heavy atom. The first-order valence-corrected chi connectivity index (χ1v) is 12.8. The van der Waals surface area contributed by atoms with E-state index in [1.807, 2.05) is 53.4 Å². The van der Waals surface area contributed by atoms with Crippen molar-refractivity contribution in [3.8, 4) is 34.0 Å². The van der Waals surface area contributed by atoms with E-state index in [0.29, 0.717) is 36.9 Å². The van der Waals surface area contributed by atoms with Crippen molar-refractivity contribution < 1.29 is 23.0 Å². The summed E-state index contributed by atoms with van der Waals surface area (Å²) in [5.41, 5.74) is 4.12. The predicted octanol–water partition coefficient (Wildman–Crippen LogP) is 4.86. The fourth-order valence-corrected chi connectivity index (χ4v) is 5.33. The Morgan fingerprint density at radius 2 is 1.95 bits per heavy atom. The van der Waals surface area contributed by atoms with E-state index in [1.165, 1.54) is 18.5 Å². The maximum absolute atomic E-state index is 12.9. The van der Waals surface area contributed by atoms with Gasteiger partial charge in [-0.15, -0.1) is 0 Å². The number of piperidine rings is 1. The van der Waals surface area contributed by atoms with Gasteiger partial charge < -0.3 is 19.7 Å². The molecule has 0 unspecified atom stereocenters. The van der Waals surface area contributed by atoms with Gasteiger partial charge in [0, 0.05) is 35.8 Å². The summed E-state index contributed by atoms with van der Waals surface area (Å²) in [7, 11) is 0. The van der Waals surface area contributed by atoms with Crippen LogP contribution in [0.4, 0.5) is 8.78 Å². The van der Waals surface area contributed by atoms with Gasteiger partial charge in [0.05, 0.1) is 29.8 Å². The lowest BCUT2D eigenvalue weighted by molar-refractivity contribution is -0.127. The highest BCUT2D eigenvalue weighted by Crippen LogP contribution is 2.39. The monoisotopic (exact) mass is 531 g/mol. The van der Waals surface area contributed by atoms with Gasteiger partial charge in [0.2, 0.25) is 11.7 Å². The van der Waals surface area contributed by atoms with Crippen LogP contribution < -0.4 is 14.8 Å². The number of aromatic nitrogens is 3. The maximum atomic E-state index is 12.9. The van der Waals surface area contributed by atoms with Crippen molar-refractivity contribution in [2.24, 2.45) is 0 Å².